The van der Waals surface area contributed by atoms with Gasteiger partial charge in [-0.1, -0.05) is 51.9 Å². The minimum Gasteiger partial charge on any atom is -0.466 e. The molecule has 1 aliphatic rings. The third-order valence-corrected chi connectivity index (χ3v) is 3.77. The van der Waals surface area contributed by atoms with Crippen LogP contribution in [0.2, 0.25) is 0 Å². The van der Waals surface area contributed by atoms with Crippen LogP contribution in [0.1, 0.15) is 64.7 Å². The van der Waals surface area contributed by atoms with Crippen LogP contribution in [0.25, 0.3) is 0 Å². The number of rotatable bonds is 7. The van der Waals surface area contributed by atoms with Crippen LogP contribution in [0.5, 0.6) is 0 Å². The monoisotopic (exact) mass is 239 g/mol. The topological polar surface area (TPSA) is 26.3 Å². The van der Waals surface area contributed by atoms with E-state index in [9.17, 15) is 4.79 Å². The van der Waals surface area contributed by atoms with Crippen molar-refractivity contribution >= 4 is 5.97 Å². The van der Waals surface area contributed by atoms with E-state index in [1.54, 1.807) is 0 Å². The molecule has 0 aromatic rings. The van der Waals surface area contributed by atoms with Crippen molar-refractivity contribution in [2.24, 2.45) is 11.8 Å². The van der Waals surface area contributed by atoms with Crippen molar-refractivity contribution in [1.82, 2.24) is 0 Å². The number of esters is 1. The van der Waals surface area contributed by atoms with Crippen molar-refractivity contribution in [3.05, 3.63) is 6.92 Å². The summed E-state index contributed by atoms with van der Waals surface area (Å²) >= 11 is 0. The number of unbranched alkanes of at least 4 members (excludes halogenated alkanes) is 3. The van der Waals surface area contributed by atoms with Gasteiger partial charge in [0.2, 0.25) is 0 Å². The number of carbonyl (C=O) groups is 1. The Balaban J connectivity index is 2.21. The van der Waals surface area contributed by atoms with Crippen LogP contribution in [0.3, 0.4) is 0 Å². The summed E-state index contributed by atoms with van der Waals surface area (Å²) in [6, 6.07) is 0. The van der Waals surface area contributed by atoms with Gasteiger partial charge in [0, 0.05) is 0 Å². The molecule has 0 N–H and O–H groups in total. The van der Waals surface area contributed by atoms with E-state index in [1.165, 1.54) is 38.5 Å². The van der Waals surface area contributed by atoms with Crippen molar-refractivity contribution in [3.63, 3.8) is 0 Å². The summed E-state index contributed by atoms with van der Waals surface area (Å²) in [5.74, 6) is 0.972. The third-order valence-electron chi connectivity index (χ3n) is 3.77. The van der Waals surface area contributed by atoms with E-state index >= 15 is 0 Å². The lowest BCUT2D eigenvalue weighted by molar-refractivity contribution is -0.149. The summed E-state index contributed by atoms with van der Waals surface area (Å²) in [7, 11) is 0. The highest BCUT2D eigenvalue weighted by Crippen LogP contribution is 2.33. The first-order chi connectivity index (χ1) is 8.27. The van der Waals surface area contributed by atoms with Crippen LogP contribution in [0.4, 0.5) is 0 Å². The maximum absolute atomic E-state index is 11.7. The summed E-state index contributed by atoms with van der Waals surface area (Å²) in [6.45, 7) is 6.27. The molecule has 1 rings (SSSR count). The molecule has 2 atom stereocenters. The highest BCUT2D eigenvalue weighted by molar-refractivity contribution is 5.72. The molecular weight excluding hydrogens is 212 g/mol. The summed E-state index contributed by atoms with van der Waals surface area (Å²) in [5, 5.41) is 0. The predicted molar refractivity (Wildman–Crippen MR) is 70.5 cm³/mol. The van der Waals surface area contributed by atoms with Crippen molar-refractivity contribution in [1.29, 1.82) is 0 Å². The van der Waals surface area contributed by atoms with Gasteiger partial charge >= 0.3 is 5.97 Å². The standard InChI is InChI=1S/C15H27O2/c1-3-5-6-7-9-13-10-8-11-14(12-13)15(16)17-4-2/h13-14H,1,3-12H2,2H3. The molecule has 0 aliphatic heterocycles. The summed E-state index contributed by atoms with van der Waals surface area (Å²) in [6.07, 6.45) is 10.8. The number of hydrogen-bond donors (Lipinski definition) is 0. The molecular formula is C15H27O2. The third kappa shape index (κ3) is 5.56. The Morgan fingerprint density at radius 1 is 1.29 bits per heavy atom. The molecule has 1 fully saturated rings. The number of hydrogen-bond acceptors (Lipinski definition) is 2. The molecule has 0 amide bonds. The average Bonchev–Trinajstić information content (AvgIpc) is 2.35. The maximum atomic E-state index is 11.7. The molecule has 1 aliphatic carbocycles. The van der Waals surface area contributed by atoms with E-state index in [1.807, 2.05) is 6.92 Å². The normalized spacial score (nSPS) is 24.6. The van der Waals surface area contributed by atoms with Gasteiger partial charge in [-0.05, 0) is 25.7 Å². The SMILES string of the molecule is [CH2]CCCCCC1CCCC(C(=O)OCC)C1. The average molecular weight is 239 g/mol. The zero-order valence-corrected chi connectivity index (χ0v) is 11.2. The zero-order valence-electron chi connectivity index (χ0n) is 11.2. The lowest BCUT2D eigenvalue weighted by atomic mass is 9.79. The molecule has 0 heterocycles. The van der Waals surface area contributed by atoms with E-state index in [4.69, 9.17) is 4.74 Å². The van der Waals surface area contributed by atoms with Gasteiger partial charge in [-0.3, -0.25) is 4.79 Å². The Morgan fingerprint density at radius 2 is 2.12 bits per heavy atom. The molecule has 0 aromatic heterocycles. The smallest absolute Gasteiger partial charge is 0.308 e. The number of carbonyl (C=O) groups excluding carboxylic acids is 1. The quantitative estimate of drug-likeness (QED) is 0.493. The molecule has 1 radical (unpaired) electrons. The van der Waals surface area contributed by atoms with Gasteiger partial charge in [-0.25, -0.2) is 0 Å². The van der Waals surface area contributed by atoms with Gasteiger partial charge in [0.25, 0.3) is 0 Å². The van der Waals surface area contributed by atoms with Crippen LogP contribution in [-0.4, -0.2) is 12.6 Å². The van der Waals surface area contributed by atoms with E-state index in [2.05, 4.69) is 6.92 Å². The Morgan fingerprint density at radius 3 is 2.82 bits per heavy atom. The molecule has 0 saturated heterocycles. The molecule has 0 spiro atoms. The fourth-order valence-corrected chi connectivity index (χ4v) is 2.81. The molecule has 0 aromatic carbocycles. The second-order valence-corrected chi connectivity index (χ2v) is 5.18. The first kappa shape index (κ1) is 14.5. The molecule has 0 bridgehead atoms. The second-order valence-electron chi connectivity index (χ2n) is 5.18. The fourth-order valence-electron chi connectivity index (χ4n) is 2.81. The Hall–Kier alpha value is -0.530. The number of ether oxygens (including phenoxy) is 1. The molecule has 2 heteroatoms. The minimum atomic E-state index is 0.0370. The summed E-state index contributed by atoms with van der Waals surface area (Å²) in [4.78, 5) is 11.7. The largest absolute Gasteiger partial charge is 0.466 e. The summed E-state index contributed by atoms with van der Waals surface area (Å²) in [5.41, 5.74) is 0. The lowest BCUT2D eigenvalue weighted by Gasteiger charge is -2.27. The highest BCUT2D eigenvalue weighted by atomic mass is 16.5. The maximum Gasteiger partial charge on any atom is 0.308 e. The van der Waals surface area contributed by atoms with Gasteiger partial charge in [-0.15, -0.1) is 0 Å². The molecule has 2 nitrogen and oxygen atoms in total. The van der Waals surface area contributed by atoms with Crippen molar-refractivity contribution in [2.75, 3.05) is 6.61 Å². The van der Waals surface area contributed by atoms with E-state index < -0.39 is 0 Å². The van der Waals surface area contributed by atoms with Crippen LogP contribution < -0.4 is 0 Å². The first-order valence-corrected chi connectivity index (χ1v) is 7.23. The fraction of sp³-hybridized carbons (Fsp3) is 0.867. The van der Waals surface area contributed by atoms with Gasteiger partial charge < -0.3 is 4.74 Å². The van der Waals surface area contributed by atoms with Gasteiger partial charge in [-0.2, -0.15) is 0 Å². The molecule has 2 unspecified atom stereocenters. The Bertz CT molecular complexity index is 213. The molecule has 1 saturated carbocycles. The molecule has 99 valence electrons. The Kier molecular flexibility index (Phi) is 7.30. The van der Waals surface area contributed by atoms with Crippen LogP contribution in [0.15, 0.2) is 0 Å². The van der Waals surface area contributed by atoms with E-state index in [-0.39, 0.29) is 11.9 Å². The zero-order chi connectivity index (χ0) is 12.5. The van der Waals surface area contributed by atoms with Crippen LogP contribution >= 0.6 is 0 Å². The Labute approximate surface area is 106 Å². The van der Waals surface area contributed by atoms with Crippen molar-refractivity contribution < 1.29 is 9.53 Å². The van der Waals surface area contributed by atoms with Crippen LogP contribution in [-0.2, 0) is 9.53 Å². The highest BCUT2D eigenvalue weighted by Gasteiger charge is 2.27. The predicted octanol–water partition coefficient (Wildman–Crippen LogP) is 4.14. The lowest BCUT2D eigenvalue weighted by Crippen LogP contribution is -2.24. The molecule has 17 heavy (non-hydrogen) atoms. The van der Waals surface area contributed by atoms with Gasteiger partial charge in [0.05, 0.1) is 12.5 Å². The second kappa shape index (κ2) is 8.54. The van der Waals surface area contributed by atoms with Crippen molar-refractivity contribution in [3.8, 4) is 0 Å². The van der Waals surface area contributed by atoms with Gasteiger partial charge in [0.1, 0.15) is 0 Å². The van der Waals surface area contributed by atoms with Gasteiger partial charge in [0.15, 0.2) is 0 Å². The first-order valence-electron chi connectivity index (χ1n) is 7.23. The van der Waals surface area contributed by atoms with Crippen LogP contribution in [0, 0.1) is 18.8 Å². The summed E-state index contributed by atoms with van der Waals surface area (Å²) < 4.78 is 5.13. The van der Waals surface area contributed by atoms with Crippen molar-refractivity contribution in [2.45, 2.75) is 64.7 Å². The minimum absolute atomic E-state index is 0.0370. The van der Waals surface area contributed by atoms with E-state index in [0.29, 0.717) is 6.61 Å². The van der Waals surface area contributed by atoms with E-state index in [0.717, 1.165) is 25.2 Å².